The Balaban J connectivity index is 4.19. The van der Waals surface area contributed by atoms with Gasteiger partial charge >= 0.3 is 0 Å². The Kier molecular flexibility index (Phi) is 16.6. The third-order valence-corrected chi connectivity index (χ3v) is 6.69. The van der Waals surface area contributed by atoms with Crippen molar-refractivity contribution in [2.75, 3.05) is 6.61 Å². The number of rotatable bonds is 18. The number of hydrogen-bond donors (Lipinski definition) is 5. The van der Waals surface area contributed by atoms with Crippen molar-refractivity contribution in [2.45, 2.75) is 136 Å². The molecule has 0 aromatic heterocycles. The minimum atomic E-state index is -1.44. The van der Waals surface area contributed by atoms with Crippen molar-refractivity contribution in [1.29, 1.82) is 0 Å². The van der Waals surface area contributed by atoms with Crippen LogP contribution in [0.1, 0.15) is 113 Å². The van der Waals surface area contributed by atoms with Gasteiger partial charge < -0.3 is 25.5 Å². The molecule has 0 bridgehead atoms. The van der Waals surface area contributed by atoms with Crippen LogP contribution in [0.15, 0.2) is 46.6 Å². The van der Waals surface area contributed by atoms with Crippen LogP contribution in [0, 0.1) is 0 Å². The van der Waals surface area contributed by atoms with Crippen LogP contribution in [0.25, 0.3) is 0 Å². The number of hydrogen-bond acceptors (Lipinski definition) is 5. The first-order valence-electron chi connectivity index (χ1n) is 13.2. The van der Waals surface area contributed by atoms with Crippen LogP contribution in [-0.4, -0.2) is 55.5 Å². The third kappa shape index (κ3) is 17.0. The average Bonchev–Trinajstić information content (AvgIpc) is 2.77. The molecule has 0 saturated heterocycles. The topological polar surface area (TPSA) is 101 Å². The molecule has 204 valence electrons. The lowest BCUT2D eigenvalue weighted by Gasteiger charge is -2.26. The summed E-state index contributed by atoms with van der Waals surface area (Å²) in [5.74, 6) is 0. The fourth-order valence-corrected chi connectivity index (χ4v) is 3.66. The summed E-state index contributed by atoms with van der Waals surface area (Å²) in [7, 11) is 0. The van der Waals surface area contributed by atoms with Gasteiger partial charge in [0.05, 0.1) is 24.4 Å². The molecule has 0 heterocycles. The van der Waals surface area contributed by atoms with E-state index in [1.807, 2.05) is 6.92 Å². The maximum absolute atomic E-state index is 9.97. The first kappa shape index (κ1) is 33.8. The van der Waals surface area contributed by atoms with Crippen molar-refractivity contribution in [1.82, 2.24) is 0 Å². The molecule has 3 unspecified atom stereocenters. The minimum Gasteiger partial charge on any atom is -0.393 e. The fourth-order valence-electron chi connectivity index (χ4n) is 3.66. The SMILES string of the molecule is C/C(=C\CC/C=C(\C)CC/C=C(\C)CCC(O)C(C)(O)CO)CC/C=C(\C)CCC(O)C(C)(C)O. The predicted molar refractivity (Wildman–Crippen MR) is 147 cm³/mol. The number of allylic oxidation sites excluding steroid dienone is 8. The third-order valence-electron chi connectivity index (χ3n) is 6.69. The van der Waals surface area contributed by atoms with Crippen molar-refractivity contribution < 1.29 is 25.5 Å². The monoisotopic (exact) mass is 494 g/mol. The lowest BCUT2D eigenvalue weighted by Crippen LogP contribution is -2.42. The van der Waals surface area contributed by atoms with Crippen LogP contribution in [0.4, 0.5) is 0 Å². The molecule has 3 atom stereocenters. The largest absolute Gasteiger partial charge is 0.393 e. The summed E-state index contributed by atoms with van der Waals surface area (Å²) >= 11 is 0. The lowest BCUT2D eigenvalue weighted by atomic mass is 9.94. The molecular formula is C30H54O5. The second kappa shape index (κ2) is 17.3. The average molecular weight is 495 g/mol. The molecule has 0 aliphatic rings. The molecule has 0 radical (unpaired) electrons. The van der Waals surface area contributed by atoms with E-state index in [9.17, 15) is 20.4 Å². The quantitative estimate of drug-likeness (QED) is 0.120. The van der Waals surface area contributed by atoms with Gasteiger partial charge in [0.25, 0.3) is 0 Å². The Morgan fingerprint density at radius 2 is 0.943 bits per heavy atom. The summed E-state index contributed by atoms with van der Waals surface area (Å²) in [5, 5.41) is 48.7. The summed E-state index contributed by atoms with van der Waals surface area (Å²) in [5.41, 5.74) is 2.76. The molecule has 0 aliphatic carbocycles. The molecular weight excluding hydrogens is 440 g/mol. The highest BCUT2D eigenvalue weighted by molar-refractivity contribution is 5.07. The van der Waals surface area contributed by atoms with E-state index in [1.54, 1.807) is 13.8 Å². The van der Waals surface area contributed by atoms with Crippen LogP contribution >= 0.6 is 0 Å². The Morgan fingerprint density at radius 1 is 0.600 bits per heavy atom. The summed E-state index contributed by atoms with van der Waals surface area (Å²) in [6.45, 7) is 12.8. The Morgan fingerprint density at radius 3 is 1.31 bits per heavy atom. The fraction of sp³-hybridized carbons (Fsp3) is 0.733. The van der Waals surface area contributed by atoms with Gasteiger partial charge in [-0.1, -0.05) is 46.6 Å². The zero-order valence-electron chi connectivity index (χ0n) is 23.5. The van der Waals surface area contributed by atoms with Crippen molar-refractivity contribution in [2.24, 2.45) is 0 Å². The second-order valence-corrected chi connectivity index (χ2v) is 11.1. The highest BCUT2D eigenvalue weighted by Gasteiger charge is 2.28. The Labute approximate surface area is 215 Å². The van der Waals surface area contributed by atoms with E-state index < -0.39 is 30.0 Å². The molecule has 0 saturated carbocycles. The summed E-state index contributed by atoms with van der Waals surface area (Å²) in [6, 6.07) is 0. The summed E-state index contributed by atoms with van der Waals surface area (Å²) in [4.78, 5) is 0. The first-order chi connectivity index (χ1) is 16.2. The molecule has 35 heavy (non-hydrogen) atoms. The highest BCUT2D eigenvalue weighted by Crippen LogP contribution is 2.19. The molecule has 5 heteroatoms. The van der Waals surface area contributed by atoms with Gasteiger partial charge in [-0.05, 0) is 113 Å². The van der Waals surface area contributed by atoms with Gasteiger partial charge in [-0.25, -0.2) is 0 Å². The van der Waals surface area contributed by atoms with Crippen molar-refractivity contribution in [3.05, 3.63) is 46.6 Å². The normalized spacial score (nSPS) is 17.9. The molecule has 5 nitrogen and oxygen atoms in total. The molecule has 0 aromatic rings. The van der Waals surface area contributed by atoms with Crippen LogP contribution in [0.3, 0.4) is 0 Å². The van der Waals surface area contributed by atoms with Crippen molar-refractivity contribution in [3.63, 3.8) is 0 Å². The van der Waals surface area contributed by atoms with Crippen LogP contribution in [-0.2, 0) is 0 Å². The number of aliphatic hydroxyl groups is 5. The molecule has 0 spiro atoms. The van der Waals surface area contributed by atoms with Gasteiger partial charge in [0, 0.05) is 0 Å². The molecule has 0 amide bonds. The van der Waals surface area contributed by atoms with Crippen LogP contribution < -0.4 is 0 Å². The van der Waals surface area contributed by atoms with Crippen molar-refractivity contribution in [3.8, 4) is 0 Å². The van der Waals surface area contributed by atoms with Gasteiger partial charge in [-0.15, -0.1) is 0 Å². The Hall–Kier alpha value is -1.24. The van der Waals surface area contributed by atoms with E-state index in [0.717, 1.165) is 44.9 Å². The number of aliphatic hydroxyl groups excluding tert-OH is 3. The maximum atomic E-state index is 9.97. The standard InChI is InChI=1S/C30H54O5/c1-23(14-10-16-25(3)18-20-27(32)29(5,6)34)12-8-9-13-24(2)15-11-17-26(4)19-21-28(33)30(7,35)22-31/h12-13,16-17,27-28,31-35H,8-11,14-15,18-22H2,1-7H3/b23-12+,24-13+,25-16+,26-17+. The van der Waals surface area contributed by atoms with Crippen molar-refractivity contribution >= 4 is 0 Å². The predicted octanol–water partition coefficient (Wildman–Crippen LogP) is 5.91. The lowest BCUT2D eigenvalue weighted by molar-refractivity contribution is -0.0942. The zero-order valence-corrected chi connectivity index (χ0v) is 23.5. The first-order valence-corrected chi connectivity index (χ1v) is 13.2. The molecule has 0 rings (SSSR count). The molecule has 5 N–H and O–H groups in total. The molecule has 0 aromatic carbocycles. The summed E-state index contributed by atoms with van der Waals surface area (Å²) in [6.07, 6.45) is 16.1. The van der Waals surface area contributed by atoms with Gasteiger partial charge in [0.15, 0.2) is 0 Å². The van der Waals surface area contributed by atoms with Gasteiger partial charge in [-0.3, -0.25) is 0 Å². The second-order valence-electron chi connectivity index (χ2n) is 11.1. The Bertz CT molecular complexity index is 707. The summed E-state index contributed by atoms with van der Waals surface area (Å²) < 4.78 is 0. The highest BCUT2D eigenvalue weighted by atomic mass is 16.4. The van der Waals surface area contributed by atoms with Gasteiger partial charge in [0.2, 0.25) is 0 Å². The smallest absolute Gasteiger partial charge is 0.111 e. The van der Waals surface area contributed by atoms with E-state index in [4.69, 9.17) is 5.11 Å². The minimum absolute atomic E-state index is 0.441. The van der Waals surface area contributed by atoms with Crippen LogP contribution in [0.5, 0.6) is 0 Å². The van der Waals surface area contributed by atoms with E-state index in [-0.39, 0.29) is 0 Å². The zero-order chi connectivity index (χ0) is 27.1. The van der Waals surface area contributed by atoms with E-state index in [1.165, 1.54) is 29.2 Å². The number of unbranched alkanes of at least 4 members (excludes halogenated alkanes) is 1. The van der Waals surface area contributed by atoms with E-state index in [2.05, 4.69) is 45.1 Å². The molecule has 0 fully saturated rings. The van der Waals surface area contributed by atoms with Gasteiger partial charge in [-0.2, -0.15) is 0 Å². The van der Waals surface area contributed by atoms with Gasteiger partial charge in [0.1, 0.15) is 5.60 Å². The molecule has 0 aliphatic heterocycles. The van der Waals surface area contributed by atoms with E-state index >= 15 is 0 Å². The van der Waals surface area contributed by atoms with E-state index in [0.29, 0.717) is 19.3 Å². The maximum Gasteiger partial charge on any atom is 0.111 e. The van der Waals surface area contributed by atoms with Crippen LogP contribution in [0.2, 0.25) is 0 Å².